The van der Waals surface area contributed by atoms with E-state index >= 15 is 0 Å². The van der Waals surface area contributed by atoms with Crippen molar-refractivity contribution in [3.63, 3.8) is 0 Å². The third kappa shape index (κ3) is 3.03. The predicted octanol–water partition coefficient (Wildman–Crippen LogP) is 3.30. The minimum atomic E-state index is 0.0411. The van der Waals surface area contributed by atoms with Crippen molar-refractivity contribution >= 4 is 5.91 Å². The lowest BCUT2D eigenvalue weighted by molar-refractivity contribution is 0.0769. The molecule has 18 heavy (non-hydrogen) atoms. The van der Waals surface area contributed by atoms with Gasteiger partial charge in [-0.3, -0.25) is 4.79 Å². The molecule has 0 spiro atoms. The summed E-state index contributed by atoms with van der Waals surface area (Å²) < 4.78 is 5.29. The van der Waals surface area contributed by atoms with Crippen molar-refractivity contribution in [2.45, 2.75) is 33.6 Å². The number of hydrogen-bond donors (Lipinski definition) is 0. The van der Waals surface area contributed by atoms with Gasteiger partial charge in [-0.05, 0) is 37.5 Å². The molecule has 0 saturated carbocycles. The molecule has 0 N–H and O–H groups in total. The van der Waals surface area contributed by atoms with E-state index in [4.69, 9.17) is 4.74 Å². The first-order chi connectivity index (χ1) is 8.54. The van der Waals surface area contributed by atoms with Gasteiger partial charge in [-0.25, -0.2) is 0 Å². The highest BCUT2D eigenvalue weighted by Gasteiger charge is 2.18. The van der Waals surface area contributed by atoms with Crippen molar-refractivity contribution < 1.29 is 9.53 Å². The summed E-state index contributed by atoms with van der Waals surface area (Å²) in [6.07, 6.45) is 0. The number of hydrogen-bond acceptors (Lipinski definition) is 2. The molecule has 0 aromatic heterocycles. The fourth-order valence-corrected chi connectivity index (χ4v) is 1.93. The molecule has 1 rings (SSSR count). The third-order valence-corrected chi connectivity index (χ3v) is 3.17. The summed E-state index contributed by atoms with van der Waals surface area (Å²) in [6, 6.07) is 5.85. The van der Waals surface area contributed by atoms with Crippen LogP contribution in [-0.4, -0.2) is 31.0 Å². The molecule has 0 atom stereocenters. The molecule has 0 bridgehead atoms. The van der Waals surface area contributed by atoms with Crippen LogP contribution < -0.4 is 4.74 Å². The number of benzene rings is 1. The van der Waals surface area contributed by atoms with Crippen LogP contribution >= 0.6 is 0 Å². The maximum Gasteiger partial charge on any atom is 0.257 e. The minimum Gasteiger partial charge on any atom is -0.496 e. The summed E-state index contributed by atoms with van der Waals surface area (Å²) in [7, 11) is 1.60. The van der Waals surface area contributed by atoms with Crippen molar-refractivity contribution in [2.24, 2.45) is 0 Å². The molecule has 0 radical (unpaired) electrons. The van der Waals surface area contributed by atoms with Gasteiger partial charge in [0.05, 0.1) is 12.7 Å². The SMILES string of the molecule is CCN(CC)C(=O)c1cc(C(C)C)ccc1OC. The first-order valence-corrected chi connectivity index (χ1v) is 6.52. The fourth-order valence-electron chi connectivity index (χ4n) is 1.93. The van der Waals surface area contributed by atoms with Crippen molar-refractivity contribution in [1.82, 2.24) is 4.90 Å². The number of amides is 1. The van der Waals surface area contributed by atoms with Crippen LogP contribution in [0, 0.1) is 0 Å². The van der Waals surface area contributed by atoms with Crippen LogP contribution in [0.25, 0.3) is 0 Å². The van der Waals surface area contributed by atoms with Gasteiger partial charge in [0.15, 0.2) is 0 Å². The van der Waals surface area contributed by atoms with Crippen molar-refractivity contribution in [3.8, 4) is 5.75 Å². The first-order valence-electron chi connectivity index (χ1n) is 6.52. The van der Waals surface area contributed by atoms with Crippen LogP contribution in [0.15, 0.2) is 18.2 Å². The van der Waals surface area contributed by atoms with Gasteiger partial charge < -0.3 is 9.64 Å². The fraction of sp³-hybridized carbons (Fsp3) is 0.533. The molecule has 1 amide bonds. The predicted molar refractivity (Wildman–Crippen MR) is 74.3 cm³/mol. The second-order valence-electron chi connectivity index (χ2n) is 4.59. The number of ether oxygens (including phenoxy) is 1. The lowest BCUT2D eigenvalue weighted by Gasteiger charge is -2.21. The zero-order valence-electron chi connectivity index (χ0n) is 12.0. The van der Waals surface area contributed by atoms with Crippen LogP contribution in [-0.2, 0) is 0 Å². The zero-order chi connectivity index (χ0) is 13.7. The van der Waals surface area contributed by atoms with Gasteiger partial charge in [-0.2, -0.15) is 0 Å². The van der Waals surface area contributed by atoms with Crippen molar-refractivity contribution in [1.29, 1.82) is 0 Å². The number of nitrogens with zero attached hydrogens (tertiary/aromatic N) is 1. The van der Waals surface area contributed by atoms with Gasteiger partial charge in [0.25, 0.3) is 5.91 Å². The molecule has 0 heterocycles. The number of carbonyl (C=O) groups is 1. The molecule has 100 valence electrons. The summed E-state index contributed by atoms with van der Waals surface area (Å²) in [5.74, 6) is 1.09. The Morgan fingerprint density at radius 2 is 1.89 bits per heavy atom. The Hall–Kier alpha value is -1.51. The van der Waals surface area contributed by atoms with E-state index in [1.807, 2.05) is 36.9 Å². The number of methoxy groups -OCH3 is 1. The standard InChI is InChI=1S/C15H23NO2/c1-6-16(7-2)15(17)13-10-12(11(3)4)8-9-14(13)18-5/h8-11H,6-7H2,1-5H3. The van der Waals surface area contributed by atoms with Crippen LogP contribution in [0.3, 0.4) is 0 Å². The highest BCUT2D eigenvalue weighted by molar-refractivity contribution is 5.97. The summed E-state index contributed by atoms with van der Waals surface area (Å²) in [5.41, 5.74) is 1.82. The van der Waals surface area contributed by atoms with Gasteiger partial charge in [0, 0.05) is 13.1 Å². The smallest absolute Gasteiger partial charge is 0.257 e. The zero-order valence-corrected chi connectivity index (χ0v) is 12.0. The van der Waals surface area contributed by atoms with E-state index in [9.17, 15) is 4.79 Å². The highest BCUT2D eigenvalue weighted by Crippen LogP contribution is 2.25. The second-order valence-corrected chi connectivity index (χ2v) is 4.59. The Kier molecular flexibility index (Phi) is 5.20. The molecule has 1 aromatic rings. The largest absolute Gasteiger partial charge is 0.496 e. The Morgan fingerprint density at radius 3 is 2.33 bits per heavy atom. The van der Waals surface area contributed by atoms with Gasteiger partial charge in [-0.15, -0.1) is 0 Å². The van der Waals surface area contributed by atoms with E-state index in [1.54, 1.807) is 7.11 Å². The molecule has 0 unspecified atom stereocenters. The van der Waals surface area contributed by atoms with Crippen LogP contribution in [0.4, 0.5) is 0 Å². The number of carbonyl (C=O) groups excluding carboxylic acids is 1. The van der Waals surface area contributed by atoms with E-state index in [0.29, 0.717) is 30.3 Å². The summed E-state index contributed by atoms with van der Waals surface area (Å²) in [6.45, 7) is 9.64. The van der Waals surface area contributed by atoms with Gasteiger partial charge >= 0.3 is 0 Å². The normalized spacial score (nSPS) is 10.6. The Labute approximate surface area is 110 Å². The van der Waals surface area contributed by atoms with E-state index in [-0.39, 0.29) is 5.91 Å². The maximum absolute atomic E-state index is 12.4. The maximum atomic E-state index is 12.4. The van der Waals surface area contributed by atoms with E-state index in [0.717, 1.165) is 5.56 Å². The molecule has 0 aliphatic carbocycles. The van der Waals surface area contributed by atoms with Crippen molar-refractivity contribution in [2.75, 3.05) is 20.2 Å². The molecule has 0 aliphatic heterocycles. The van der Waals surface area contributed by atoms with Gasteiger partial charge in [0.2, 0.25) is 0 Å². The monoisotopic (exact) mass is 249 g/mol. The first kappa shape index (κ1) is 14.6. The summed E-state index contributed by atoms with van der Waals surface area (Å²) >= 11 is 0. The third-order valence-electron chi connectivity index (χ3n) is 3.17. The highest BCUT2D eigenvalue weighted by atomic mass is 16.5. The Morgan fingerprint density at radius 1 is 1.28 bits per heavy atom. The minimum absolute atomic E-state index is 0.0411. The molecule has 3 heteroatoms. The van der Waals surface area contributed by atoms with Crippen LogP contribution in [0.2, 0.25) is 0 Å². The van der Waals surface area contributed by atoms with Gasteiger partial charge in [-0.1, -0.05) is 19.9 Å². The van der Waals surface area contributed by atoms with Gasteiger partial charge in [0.1, 0.15) is 5.75 Å². The van der Waals surface area contributed by atoms with E-state index in [2.05, 4.69) is 13.8 Å². The lowest BCUT2D eigenvalue weighted by atomic mass is 9.99. The molecule has 0 aliphatic rings. The molecule has 0 saturated heterocycles. The molecular weight excluding hydrogens is 226 g/mol. The Balaban J connectivity index is 3.19. The quantitative estimate of drug-likeness (QED) is 0.801. The van der Waals surface area contributed by atoms with E-state index < -0.39 is 0 Å². The average molecular weight is 249 g/mol. The Bertz CT molecular complexity index is 409. The van der Waals surface area contributed by atoms with E-state index in [1.165, 1.54) is 0 Å². The molecule has 3 nitrogen and oxygen atoms in total. The topological polar surface area (TPSA) is 29.5 Å². The average Bonchev–Trinajstić information content (AvgIpc) is 2.39. The van der Waals surface area contributed by atoms with Crippen molar-refractivity contribution in [3.05, 3.63) is 29.3 Å². The summed E-state index contributed by atoms with van der Waals surface area (Å²) in [5, 5.41) is 0. The number of rotatable bonds is 5. The second kappa shape index (κ2) is 6.43. The molecule has 1 aromatic carbocycles. The van der Waals surface area contributed by atoms with Crippen LogP contribution in [0.1, 0.15) is 49.5 Å². The molecule has 0 fully saturated rings. The summed E-state index contributed by atoms with van der Waals surface area (Å²) in [4.78, 5) is 14.2. The molecular formula is C15H23NO2. The van der Waals surface area contributed by atoms with Crippen LogP contribution in [0.5, 0.6) is 5.75 Å². The lowest BCUT2D eigenvalue weighted by Crippen LogP contribution is -2.30.